The Morgan fingerprint density at radius 3 is 2.30 bits per heavy atom. The summed E-state index contributed by atoms with van der Waals surface area (Å²) in [7, 11) is 0. The zero-order valence-corrected chi connectivity index (χ0v) is 13.7. The van der Waals surface area contributed by atoms with Crippen LogP contribution in [0.3, 0.4) is 0 Å². The van der Waals surface area contributed by atoms with Gasteiger partial charge < -0.3 is 15.8 Å². The third-order valence-electron chi connectivity index (χ3n) is 4.03. The Kier molecular flexibility index (Phi) is 4.66. The fourth-order valence-corrected chi connectivity index (χ4v) is 3.11. The SMILES string of the molecule is CC(C)(C)OC(=O)NC(c1ccccc1)C1(CN)CC(F)(F)C1. The average molecular weight is 326 g/mol. The van der Waals surface area contributed by atoms with Crippen molar-refractivity contribution in [1.82, 2.24) is 5.32 Å². The van der Waals surface area contributed by atoms with Crippen molar-refractivity contribution < 1.29 is 18.3 Å². The molecule has 1 amide bonds. The maximum atomic E-state index is 13.5. The van der Waals surface area contributed by atoms with Crippen molar-refractivity contribution in [2.75, 3.05) is 6.54 Å². The Hall–Kier alpha value is -1.69. The number of carbonyl (C=O) groups is 1. The van der Waals surface area contributed by atoms with Gasteiger partial charge in [0.05, 0.1) is 6.04 Å². The Labute approximate surface area is 135 Å². The molecule has 1 atom stereocenters. The molecular weight excluding hydrogens is 302 g/mol. The molecule has 6 heteroatoms. The highest BCUT2D eigenvalue weighted by Gasteiger charge is 2.60. The molecule has 0 radical (unpaired) electrons. The molecule has 0 heterocycles. The number of halogens is 2. The van der Waals surface area contributed by atoms with Crippen molar-refractivity contribution in [3.05, 3.63) is 35.9 Å². The topological polar surface area (TPSA) is 64.3 Å². The average Bonchev–Trinajstić information content (AvgIpc) is 2.41. The predicted molar refractivity (Wildman–Crippen MR) is 84.2 cm³/mol. The summed E-state index contributed by atoms with van der Waals surface area (Å²) in [5, 5.41) is 2.75. The molecule has 1 aromatic rings. The monoisotopic (exact) mass is 326 g/mol. The molecule has 1 aliphatic rings. The number of nitrogens with one attached hydrogen (secondary N) is 1. The van der Waals surface area contributed by atoms with Crippen molar-refractivity contribution in [3.63, 3.8) is 0 Å². The van der Waals surface area contributed by atoms with Gasteiger partial charge in [0, 0.05) is 24.8 Å². The number of benzene rings is 1. The number of hydrogen-bond donors (Lipinski definition) is 2. The smallest absolute Gasteiger partial charge is 0.408 e. The standard InChI is InChI=1S/C17H24F2N2O2/c1-15(2,3)23-14(22)21-13(12-7-5-4-6-8-12)16(11-20)9-17(18,19)10-16/h4-8,13H,9-11,20H2,1-3H3,(H,21,22). The molecule has 1 unspecified atom stereocenters. The highest BCUT2D eigenvalue weighted by atomic mass is 19.3. The van der Waals surface area contributed by atoms with E-state index in [4.69, 9.17) is 10.5 Å². The number of alkyl halides is 2. The molecule has 4 nitrogen and oxygen atoms in total. The summed E-state index contributed by atoms with van der Waals surface area (Å²) < 4.78 is 32.3. The molecule has 0 saturated heterocycles. The molecule has 1 fully saturated rings. The van der Waals surface area contributed by atoms with E-state index in [1.54, 1.807) is 45.0 Å². The lowest BCUT2D eigenvalue weighted by Gasteiger charge is -2.51. The largest absolute Gasteiger partial charge is 0.444 e. The van der Waals surface area contributed by atoms with Gasteiger partial charge in [0.1, 0.15) is 5.60 Å². The first-order valence-corrected chi connectivity index (χ1v) is 7.69. The normalized spacial score (nSPS) is 20.3. The Balaban J connectivity index is 2.25. The van der Waals surface area contributed by atoms with Crippen molar-refractivity contribution in [2.45, 2.75) is 51.2 Å². The van der Waals surface area contributed by atoms with Crippen LogP contribution in [0.25, 0.3) is 0 Å². The Bertz CT molecular complexity index is 547. The van der Waals surface area contributed by atoms with Gasteiger partial charge in [-0.1, -0.05) is 30.3 Å². The molecule has 2 rings (SSSR count). The van der Waals surface area contributed by atoms with Gasteiger partial charge in [-0.25, -0.2) is 13.6 Å². The summed E-state index contributed by atoms with van der Waals surface area (Å²) in [5.74, 6) is -2.73. The highest BCUT2D eigenvalue weighted by molar-refractivity contribution is 5.68. The van der Waals surface area contributed by atoms with Crippen molar-refractivity contribution in [2.24, 2.45) is 11.1 Å². The summed E-state index contributed by atoms with van der Waals surface area (Å²) in [6.07, 6.45) is -1.31. The van der Waals surface area contributed by atoms with Crippen LogP contribution in [0, 0.1) is 5.41 Å². The molecule has 0 spiro atoms. The Morgan fingerprint density at radius 2 is 1.87 bits per heavy atom. The van der Waals surface area contributed by atoms with E-state index >= 15 is 0 Å². The molecule has 0 aromatic heterocycles. The molecule has 1 saturated carbocycles. The minimum atomic E-state index is -2.73. The highest BCUT2D eigenvalue weighted by Crippen LogP contribution is 2.57. The first kappa shape index (κ1) is 17.7. The molecule has 23 heavy (non-hydrogen) atoms. The zero-order valence-electron chi connectivity index (χ0n) is 13.7. The number of nitrogens with two attached hydrogens (primary N) is 1. The maximum absolute atomic E-state index is 13.5. The summed E-state index contributed by atoms with van der Waals surface area (Å²) in [6.45, 7) is 5.32. The van der Waals surface area contributed by atoms with Crippen LogP contribution in [0.5, 0.6) is 0 Å². The van der Waals surface area contributed by atoms with Crippen LogP contribution in [0.2, 0.25) is 0 Å². The van der Waals surface area contributed by atoms with Crippen molar-refractivity contribution in [1.29, 1.82) is 0 Å². The molecular formula is C17H24F2N2O2. The van der Waals surface area contributed by atoms with E-state index < -0.39 is 29.1 Å². The van der Waals surface area contributed by atoms with E-state index in [0.717, 1.165) is 5.56 Å². The summed E-state index contributed by atoms with van der Waals surface area (Å²) in [4.78, 5) is 12.1. The second-order valence-electron chi connectivity index (χ2n) is 7.27. The van der Waals surface area contributed by atoms with Gasteiger partial charge in [0.25, 0.3) is 0 Å². The van der Waals surface area contributed by atoms with Crippen molar-refractivity contribution in [3.8, 4) is 0 Å². The van der Waals surface area contributed by atoms with Crippen LogP contribution < -0.4 is 11.1 Å². The van der Waals surface area contributed by atoms with Gasteiger partial charge in [0.15, 0.2) is 0 Å². The molecule has 3 N–H and O–H groups in total. The fourth-order valence-electron chi connectivity index (χ4n) is 3.11. The van der Waals surface area contributed by atoms with Crippen molar-refractivity contribution >= 4 is 6.09 Å². The molecule has 0 aliphatic heterocycles. The van der Waals surface area contributed by atoms with E-state index in [-0.39, 0.29) is 19.4 Å². The Morgan fingerprint density at radius 1 is 1.30 bits per heavy atom. The third kappa shape index (κ3) is 4.19. The van der Waals surface area contributed by atoms with E-state index in [0.29, 0.717) is 0 Å². The maximum Gasteiger partial charge on any atom is 0.408 e. The van der Waals surface area contributed by atoms with Crippen LogP contribution in [-0.2, 0) is 4.74 Å². The van der Waals surface area contributed by atoms with Gasteiger partial charge in [-0.3, -0.25) is 0 Å². The van der Waals surface area contributed by atoms with E-state index in [9.17, 15) is 13.6 Å². The summed E-state index contributed by atoms with van der Waals surface area (Å²) >= 11 is 0. The van der Waals surface area contributed by atoms with Crippen LogP contribution in [0.4, 0.5) is 13.6 Å². The van der Waals surface area contributed by atoms with Crippen LogP contribution >= 0.6 is 0 Å². The number of ether oxygens (including phenoxy) is 1. The van der Waals surface area contributed by atoms with E-state index in [2.05, 4.69) is 5.32 Å². The molecule has 1 aliphatic carbocycles. The van der Waals surface area contributed by atoms with Crippen LogP contribution in [-0.4, -0.2) is 24.2 Å². The second kappa shape index (κ2) is 6.07. The number of carbonyl (C=O) groups excluding carboxylic acids is 1. The second-order valence-corrected chi connectivity index (χ2v) is 7.27. The fraction of sp³-hybridized carbons (Fsp3) is 0.588. The van der Waals surface area contributed by atoms with Gasteiger partial charge in [-0.15, -0.1) is 0 Å². The first-order chi connectivity index (χ1) is 10.6. The quantitative estimate of drug-likeness (QED) is 0.888. The van der Waals surface area contributed by atoms with Gasteiger partial charge in [0.2, 0.25) is 5.92 Å². The molecule has 1 aromatic carbocycles. The lowest BCUT2D eigenvalue weighted by molar-refractivity contribution is -0.170. The van der Waals surface area contributed by atoms with Crippen LogP contribution in [0.15, 0.2) is 30.3 Å². The summed E-state index contributed by atoms with van der Waals surface area (Å²) in [6, 6.07) is 8.44. The third-order valence-corrected chi connectivity index (χ3v) is 4.03. The minimum absolute atomic E-state index is 0.0674. The first-order valence-electron chi connectivity index (χ1n) is 7.69. The number of rotatable bonds is 4. The summed E-state index contributed by atoms with van der Waals surface area (Å²) in [5.41, 5.74) is 5.03. The lowest BCUT2D eigenvalue weighted by atomic mass is 9.60. The number of amides is 1. The zero-order chi connectivity index (χ0) is 17.3. The lowest BCUT2D eigenvalue weighted by Crippen LogP contribution is -2.58. The van der Waals surface area contributed by atoms with Crippen LogP contribution in [0.1, 0.15) is 45.2 Å². The predicted octanol–water partition coefficient (Wildman–Crippen LogP) is 3.63. The van der Waals surface area contributed by atoms with E-state index in [1.807, 2.05) is 6.07 Å². The molecule has 0 bridgehead atoms. The number of hydrogen-bond acceptors (Lipinski definition) is 3. The van der Waals surface area contributed by atoms with E-state index in [1.165, 1.54) is 0 Å². The van der Waals surface area contributed by atoms with Gasteiger partial charge in [-0.2, -0.15) is 0 Å². The van der Waals surface area contributed by atoms with Gasteiger partial charge >= 0.3 is 6.09 Å². The number of alkyl carbamates (subject to hydrolysis) is 1. The van der Waals surface area contributed by atoms with Gasteiger partial charge in [-0.05, 0) is 26.3 Å². The molecule has 128 valence electrons. The minimum Gasteiger partial charge on any atom is -0.444 e.